The molecule has 1 heterocycles. The van der Waals surface area contributed by atoms with Gasteiger partial charge in [0.15, 0.2) is 5.76 Å². The number of hydrogen-bond donors (Lipinski definition) is 1. The number of alkyl halides is 2. The molecule has 0 unspecified atom stereocenters. The third kappa shape index (κ3) is 3.15. The molecule has 0 bridgehead atoms. The summed E-state index contributed by atoms with van der Waals surface area (Å²) in [6.45, 7) is -0.682. The highest BCUT2D eigenvalue weighted by atomic mass is 32.2. The van der Waals surface area contributed by atoms with Crippen molar-refractivity contribution in [2.75, 3.05) is 13.6 Å². The number of nitrogens with zero attached hydrogens (tertiary/aromatic N) is 1. The molecular weight excluding hydrogens is 294 g/mol. The SMILES string of the molecule is CNS(=O)(=O)c1ccc(C(=O)N(CC(F)F)C2CC2)o1. The number of rotatable bonds is 6. The molecule has 2 rings (SSSR count). The van der Waals surface area contributed by atoms with E-state index in [1.807, 2.05) is 4.72 Å². The summed E-state index contributed by atoms with van der Waals surface area (Å²) in [6.07, 6.45) is -1.31. The Balaban J connectivity index is 2.20. The van der Waals surface area contributed by atoms with Crippen LogP contribution >= 0.6 is 0 Å². The van der Waals surface area contributed by atoms with Crippen molar-refractivity contribution in [3.05, 3.63) is 17.9 Å². The normalized spacial score (nSPS) is 15.6. The van der Waals surface area contributed by atoms with E-state index in [9.17, 15) is 22.0 Å². The van der Waals surface area contributed by atoms with Crippen LogP contribution in [0.3, 0.4) is 0 Å². The minimum Gasteiger partial charge on any atom is -0.438 e. The number of carbonyl (C=O) groups is 1. The Bertz CT molecular complexity index is 595. The van der Waals surface area contributed by atoms with Crippen molar-refractivity contribution in [2.24, 2.45) is 0 Å². The molecule has 1 aromatic rings. The van der Waals surface area contributed by atoms with E-state index in [0.717, 1.165) is 11.0 Å². The summed E-state index contributed by atoms with van der Waals surface area (Å²) in [5.74, 6) is -0.975. The summed E-state index contributed by atoms with van der Waals surface area (Å²) in [6, 6.07) is 2.07. The average molecular weight is 308 g/mol. The van der Waals surface area contributed by atoms with E-state index in [0.29, 0.717) is 12.8 Å². The van der Waals surface area contributed by atoms with Crippen molar-refractivity contribution in [3.8, 4) is 0 Å². The molecule has 20 heavy (non-hydrogen) atoms. The molecule has 1 aliphatic carbocycles. The zero-order valence-corrected chi connectivity index (χ0v) is 11.5. The zero-order chi connectivity index (χ0) is 14.9. The van der Waals surface area contributed by atoms with Crippen molar-refractivity contribution >= 4 is 15.9 Å². The summed E-state index contributed by atoms with van der Waals surface area (Å²) in [7, 11) is -2.60. The van der Waals surface area contributed by atoms with Gasteiger partial charge in [-0.1, -0.05) is 0 Å². The second-order valence-electron chi connectivity index (χ2n) is 4.41. The van der Waals surface area contributed by atoms with E-state index in [4.69, 9.17) is 4.42 Å². The molecule has 0 aliphatic heterocycles. The molecule has 0 atom stereocenters. The molecule has 0 radical (unpaired) electrons. The van der Waals surface area contributed by atoms with Crippen LogP contribution in [-0.2, 0) is 10.0 Å². The fourth-order valence-corrected chi connectivity index (χ4v) is 2.40. The van der Waals surface area contributed by atoms with Gasteiger partial charge in [-0.15, -0.1) is 0 Å². The molecule has 1 saturated carbocycles. The Morgan fingerprint density at radius 2 is 2.15 bits per heavy atom. The summed E-state index contributed by atoms with van der Waals surface area (Å²) in [5.41, 5.74) is 0. The standard InChI is InChI=1S/C11H14F2N2O4S/c1-14-20(17,18)10-5-4-8(19-10)11(16)15(6-9(12)13)7-2-3-7/h4-5,7,9,14H,2-3,6H2,1H3. The molecule has 0 saturated heterocycles. The van der Waals surface area contributed by atoms with E-state index < -0.39 is 34.0 Å². The molecule has 1 fully saturated rings. The van der Waals surface area contributed by atoms with E-state index in [2.05, 4.69) is 0 Å². The predicted octanol–water partition coefficient (Wildman–Crippen LogP) is 1.06. The lowest BCUT2D eigenvalue weighted by Gasteiger charge is -2.20. The van der Waals surface area contributed by atoms with Crippen molar-refractivity contribution < 1.29 is 26.4 Å². The largest absolute Gasteiger partial charge is 0.438 e. The minimum absolute atomic E-state index is 0.217. The van der Waals surface area contributed by atoms with Gasteiger partial charge in [0, 0.05) is 6.04 Å². The van der Waals surface area contributed by atoms with Gasteiger partial charge in [0.05, 0.1) is 6.54 Å². The van der Waals surface area contributed by atoms with E-state index >= 15 is 0 Å². The van der Waals surface area contributed by atoms with Gasteiger partial charge in [-0.05, 0) is 32.0 Å². The van der Waals surface area contributed by atoms with Gasteiger partial charge in [-0.25, -0.2) is 21.9 Å². The number of furan rings is 1. The summed E-state index contributed by atoms with van der Waals surface area (Å²) in [5, 5.41) is -0.420. The highest BCUT2D eigenvalue weighted by Crippen LogP contribution is 2.29. The van der Waals surface area contributed by atoms with Gasteiger partial charge in [-0.2, -0.15) is 0 Å². The van der Waals surface area contributed by atoms with Crippen LogP contribution in [0.15, 0.2) is 21.6 Å². The monoisotopic (exact) mass is 308 g/mol. The molecule has 9 heteroatoms. The first-order chi connectivity index (χ1) is 9.35. The predicted molar refractivity (Wildman–Crippen MR) is 65.0 cm³/mol. The molecular formula is C11H14F2N2O4S. The van der Waals surface area contributed by atoms with Gasteiger partial charge < -0.3 is 9.32 Å². The lowest BCUT2D eigenvalue weighted by atomic mass is 10.3. The van der Waals surface area contributed by atoms with E-state index in [-0.39, 0.29) is 11.8 Å². The van der Waals surface area contributed by atoms with Crippen LogP contribution in [0.4, 0.5) is 8.78 Å². The number of hydrogen-bond acceptors (Lipinski definition) is 4. The van der Waals surface area contributed by atoms with Crippen LogP contribution in [0, 0.1) is 0 Å². The zero-order valence-electron chi connectivity index (χ0n) is 10.7. The third-order valence-electron chi connectivity index (χ3n) is 2.91. The highest BCUT2D eigenvalue weighted by molar-refractivity contribution is 7.89. The number of sulfonamides is 1. The topological polar surface area (TPSA) is 79.6 Å². The van der Waals surface area contributed by atoms with Crippen molar-refractivity contribution in [1.29, 1.82) is 0 Å². The van der Waals surface area contributed by atoms with Crippen molar-refractivity contribution in [2.45, 2.75) is 30.4 Å². The summed E-state index contributed by atoms with van der Waals surface area (Å²) >= 11 is 0. The molecule has 112 valence electrons. The first-order valence-electron chi connectivity index (χ1n) is 5.97. The Kier molecular flexibility index (Phi) is 4.09. The Morgan fingerprint density at radius 1 is 1.50 bits per heavy atom. The fourth-order valence-electron chi connectivity index (χ4n) is 1.75. The fraction of sp³-hybridized carbons (Fsp3) is 0.545. The van der Waals surface area contributed by atoms with Crippen LogP contribution in [0.25, 0.3) is 0 Å². The van der Waals surface area contributed by atoms with E-state index in [1.54, 1.807) is 0 Å². The van der Waals surface area contributed by atoms with Gasteiger partial charge in [-0.3, -0.25) is 4.79 Å². The number of halogens is 2. The Morgan fingerprint density at radius 3 is 2.65 bits per heavy atom. The summed E-state index contributed by atoms with van der Waals surface area (Å²) in [4.78, 5) is 13.1. The second kappa shape index (κ2) is 5.49. The maximum Gasteiger partial charge on any atom is 0.290 e. The average Bonchev–Trinajstić information content (AvgIpc) is 3.10. The molecule has 1 N–H and O–H groups in total. The molecule has 6 nitrogen and oxygen atoms in total. The van der Waals surface area contributed by atoms with Crippen LogP contribution in [0.5, 0.6) is 0 Å². The smallest absolute Gasteiger partial charge is 0.290 e. The quantitative estimate of drug-likeness (QED) is 0.852. The molecule has 1 aromatic heterocycles. The Hall–Kier alpha value is -1.48. The van der Waals surface area contributed by atoms with Crippen LogP contribution < -0.4 is 4.72 Å². The van der Waals surface area contributed by atoms with Gasteiger partial charge >= 0.3 is 0 Å². The molecule has 0 spiro atoms. The molecule has 1 amide bonds. The van der Waals surface area contributed by atoms with Gasteiger partial charge in [0.1, 0.15) is 0 Å². The maximum atomic E-state index is 12.5. The van der Waals surface area contributed by atoms with Crippen LogP contribution in [0.2, 0.25) is 0 Å². The van der Waals surface area contributed by atoms with Gasteiger partial charge in [0.2, 0.25) is 5.09 Å². The number of nitrogens with one attached hydrogen (secondary N) is 1. The van der Waals surface area contributed by atoms with Crippen molar-refractivity contribution in [3.63, 3.8) is 0 Å². The first kappa shape index (κ1) is 14.9. The van der Waals surface area contributed by atoms with Crippen LogP contribution in [-0.4, -0.2) is 45.3 Å². The maximum absolute atomic E-state index is 12.5. The Labute approximate surface area is 114 Å². The van der Waals surface area contributed by atoms with Crippen molar-refractivity contribution in [1.82, 2.24) is 9.62 Å². The van der Waals surface area contributed by atoms with Crippen LogP contribution in [0.1, 0.15) is 23.4 Å². The first-order valence-corrected chi connectivity index (χ1v) is 7.46. The minimum atomic E-state index is -3.80. The second-order valence-corrected chi connectivity index (χ2v) is 6.22. The third-order valence-corrected chi connectivity index (χ3v) is 4.20. The number of amides is 1. The highest BCUT2D eigenvalue weighted by Gasteiger charge is 2.36. The molecule has 0 aromatic carbocycles. The lowest BCUT2D eigenvalue weighted by Crippen LogP contribution is -2.36. The lowest BCUT2D eigenvalue weighted by molar-refractivity contribution is 0.0503. The summed E-state index contributed by atoms with van der Waals surface area (Å²) < 4.78 is 54.9. The van der Waals surface area contributed by atoms with E-state index in [1.165, 1.54) is 13.1 Å². The number of carbonyl (C=O) groups excluding carboxylic acids is 1. The molecule has 1 aliphatic rings. The van der Waals surface area contributed by atoms with Gasteiger partial charge in [0.25, 0.3) is 22.4 Å².